The van der Waals surface area contributed by atoms with Crippen LogP contribution in [0, 0.1) is 11.8 Å². The molecule has 1 saturated carbocycles. The summed E-state index contributed by atoms with van der Waals surface area (Å²) in [7, 11) is 0. The van der Waals surface area contributed by atoms with Crippen LogP contribution < -0.4 is 11.1 Å². The summed E-state index contributed by atoms with van der Waals surface area (Å²) in [6, 6.07) is 0. The Kier molecular flexibility index (Phi) is 3.51. The summed E-state index contributed by atoms with van der Waals surface area (Å²) in [6.07, 6.45) is 1.25. The lowest BCUT2D eigenvalue weighted by atomic mass is 10.3. The minimum absolute atomic E-state index is 0.250. The molecule has 94 valence electrons. The van der Waals surface area contributed by atoms with Crippen molar-refractivity contribution in [1.29, 1.82) is 0 Å². The number of nitrogens with one attached hydrogen (secondary N) is 1. The average Bonchev–Trinajstić information content (AvgIpc) is 2.85. The molecular formula is C11H17N3O2S. The molecule has 1 aromatic rings. The van der Waals surface area contributed by atoms with Crippen molar-refractivity contribution >= 4 is 28.3 Å². The molecule has 17 heavy (non-hydrogen) atoms. The first-order chi connectivity index (χ1) is 8.13. The van der Waals surface area contributed by atoms with Crippen LogP contribution in [0.1, 0.15) is 30.6 Å². The highest BCUT2D eigenvalue weighted by Crippen LogP contribution is 2.38. The Hall–Kier alpha value is -1.30. The number of rotatable bonds is 5. The number of aromatic nitrogens is 1. The van der Waals surface area contributed by atoms with Crippen LogP contribution in [0.2, 0.25) is 0 Å². The van der Waals surface area contributed by atoms with Crippen molar-refractivity contribution in [1.82, 2.24) is 4.37 Å². The highest BCUT2D eigenvalue weighted by atomic mass is 32.1. The topological polar surface area (TPSA) is 77.2 Å². The predicted octanol–water partition coefficient (Wildman–Crippen LogP) is 1.97. The molecule has 3 N–H and O–H groups in total. The van der Waals surface area contributed by atoms with Gasteiger partial charge in [0.2, 0.25) is 0 Å². The maximum atomic E-state index is 11.7. The third-order valence-corrected chi connectivity index (χ3v) is 3.82. The Morgan fingerprint density at radius 1 is 1.71 bits per heavy atom. The lowest BCUT2D eigenvalue weighted by Gasteiger charge is -2.06. The second-order valence-corrected chi connectivity index (χ2v) is 5.12. The molecule has 5 nitrogen and oxygen atoms in total. The van der Waals surface area contributed by atoms with Gasteiger partial charge in [-0.3, -0.25) is 0 Å². The summed E-state index contributed by atoms with van der Waals surface area (Å²) < 4.78 is 8.95. The number of carbonyl (C=O) groups excluding carboxylic acids is 1. The molecule has 6 heteroatoms. The van der Waals surface area contributed by atoms with Gasteiger partial charge < -0.3 is 15.8 Å². The fourth-order valence-corrected chi connectivity index (χ4v) is 2.44. The van der Waals surface area contributed by atoms with Crippen LogP contribution in [0.4, 0.5) is 10.8 Å². The Labute approximate surface area is 105 Å². The number of nitrogens with zero attached hydrogens (tertiary/aromatic N) is 1. The van der Waals surface area contributed by atoms with Crippen LogP contribution in [0.25, 0.3) is 0 Å². The van der Waals surface area contributed by atoms with Crippen molar-refractivity contribution in [2.24, 2.45) is 11.8 Å². The van der Waals surface area contributed by atoms with Crippen LogP contribution in [-0.2, 0) is 4.74 Å². The first kappa shape index (κ1) is 12.2. The van der Waals surface area contributed by atoms with E-state index in [1.807, 2.05) is 0 Å². The standard InChI is InChI=1S/C11H17N3O2S/c1-3-16-11(15)8-9(12)14-17-10(8)13-5-7-4-6(7)2/h6-7,13H,3-5H2,1-2H3,(H2,12,14). The van der Waals surface area contributed by atoms with E-state index in [1.54, 1.807) is 6.92 Å². The van der Waals surface area contributed by atoms with Gasteiger partial charge in [-0.1, -0.05) is 6.92 Å². The molecule has 2 unspecified atom stereocenters. The Morgan fingerprint density at radius 3 is 3.00 bits per heavy atom. The average molecular weight is 255 g/mol. The smallest absolute Gasteiger partial charge is 0.344 e. The van der Waals surface area contributed by atoms with Gasteiger partial charge in [0, 0.05) is 6.54 Å². The lowest BCUT2D eigenvalue weighted by Crippen LogP contribution is -2.11. The molecule has 0 amide bonds. The summed E-state index contributed by atoms with van der Waals surface area (Å²) in [5, 5.41) is 3.96. The lowest BCUT2D eigenvalue weighted by molar-refractivity contribution is 0.0529. The first-order valence-corrected chi connectivity index (χ1v) is 6.57. The number of hydrogen-bond donors (Lipinski definition) is 2. The molecule has 0 aliphatic heterocycles. The Bertz CT molecular complexity index is 419. The maximum absolute atomic E-state index is 11.7. The molecule has 2 rings (SSSR count). The van der Waals surface area contributed by atoms with Gasteiger partial charge in [-0.15, -0.1) is 0 Å². The van der Waals surface area contributed by atoms with Gasteiger partial charge in [0.1, 0.15) is 10.6 Å². The van der Waals surface area contributed by atoms with E-state index in [2.05, 4.69) is 16.6 Å². The molecule has 1 fully saturated rings. The van der Waals surface area contributed by atoms with Gasteiger partial charge in [0.05, 0.1) is 6.61 Å². The van der Waals surface area contributed by atoms with Crippen LogP contribution in [0.5, 0.6) is 0 Å². The van der Waals surface area contributed by atoms with Crippen LogP contribution in [0.15, 0.2) is 0 Å². The molecule has 1 aromatic heterocycles. The van der Waals surface area contributed by atoms with Gasteiger partial charge in [-0.25, -0.2) is 4.79 Å². The third-order valence-electron chi connectivity index (χ3n) is 3.00. The summed E-state index contributed by atoms with van der Waals surface area (Å²) in [4.78, 5) is 11.7. The molecule has 0 aromatic carbocycles. The minimum atomic E-state index is -0.398. The van der Waals surface area contributed by atoms with Gasteiger partial charge in [-0.2, -0.15) is 4.37 Å². The number of esters is 1. The first-order valence-electron chi connectivity index (χ1n) is 5.79. The fraction of sp³-hybridized carbons (Fsp3) is 0.636. The van der Waals surface area contributed by atoms with Crippen molar-refractivity contribution in [2.75, 3.05) is 24.2 Å². The fourth-order valence-electron chi connectivity index (χ4n) is 1.73. The second kappa shape index (κ2) is 4.91. The van der Waals surface area contributed by atoms with E-state index in [9.17, 15) is 4.79 Å². The molecule has 0 radical (unpaired) electrons. The molecule has 1 aliphatic carbocycles. The third kappa shape index (κ3) is 2.69. The van der Waals surface area contributed by atoms with E-state index < -0.39 is 5.97 Å². The monoisotopic (exact) mass is 255 g/mol. The van der Waals surface area contributed by atoms with Crippen molar-refractivity contribution in [3.8, 4) is 0 Å². The van der Waals surface area contributed by atoms with Gasteiger partial charge in [0.25, 0.3) is 0 Å². The Balaban J connectivity index is 2.03. The molecule has 1 heterocycles. The molecule has 1 aliphatic rings. The number of carbonyl (C=O) groups is 1. The van der Waals surface area contributed by atoms with E-state index in [4.69, 9.17) is 10.5 Å². The number of ether oxygens (including phenoxy) is 1. The minimum Gasteiger partial charge on any atom is -0.462 e. The molecule has 0 saturated heterocycles. The van der Waals surface area contributed by atoms with Gasteiger partial charge in [0.15, 0.2) is 5.82 Å². The van der Waals surface area contributed by atoms with E-state index in [1.165, 1.54) is 18.0 Å². The summed E-state index contributed by atoms with van der Waals surface area (Å²) in [5.41, 5.74) is 6.06. The quantitative estimate of drug-likeness (QED) is 0.787. The van der Waals surface area contributed by atoms with E-state index in [-0.39, 0.29) is 5.82 Å². The Morgan fingerprint density at radius 2 is 2.41 bits per heavy atom. The largest absolute Gasteiger partial charge is 0.462 e. The second-order valence-electron chi connectivity index (χ2n) is 4.35. The normalized spacial score (nSPS) is 22.2. The summed E-state index contributed by atoms with van der Waals surface area (Å²) >= 11 is 1.21. The van der Waals surface area contributed by atoms with Crippen LogP contribution in [0.3, 0.4) is 0 Å². The van der Waals surface area contributed by atoms with Crippen LogP contribution in [-0.4, -0.2) is 23.5 Å². The molecular weight excluding hydrogens is 238 g/mol. The maximum Gasteiger partial charge on any atom is 0.344 e. The van der Waals surface area contributed by atoms with Crippen molar-refractivity contribution in [2.45, 2.75) is 20.3 Å². The van der Waals surface area contributed by atoms with Crippen molar-refractivity contribution in [3.05, 3.63) is 5.56 Å². The number of anilines is 2. The highest BCUT2D eigenvalue weighted by Gasteiger charge is 2.32. The summed E-state index contributed by atoms with van der Waals surface area (Å²) in [5.74, 6) is 1.33. The zero-order valence-corrected chi connectivity index (χ0v) is 10.8. The number of nitrogen functional groups attached to an aromatic ring is 1. The van der Waals surface area contributed by atoms with E-state index >= 15 is 0 Å². The summed E-state index contributed by atoms with van der Waals surface area (Å²) in [6.45, 7) is 5.20. The predicted molar refractivity (Wildman–Crippen MR) is 68.2 cm³/mol. The highest BCUT2D eigenvalue weighted by molar-refractivity contribution is 7.11. The van der Waals surface area contributed by atoms with E-state index in [0.29, 0.717) is 18.1 Å². The molecule has 2 atom stereocenters. The van der Waals surface area contributed by atoms with Crippen molar-refractivity contribution in [3.63, 3.8) is 0 Å². The molecule has 0 spiro atoms. The molecule has 0 bridgehead atoms. The van der Waals surface area contributed by atoms with Gasteiger partial charge >= 0.3 is 5.97 Å². The van der Waals surface area contributed by atoms with Gasteiger partial charge in [-0.05, 0) is 36.7 Å². The SMILES string of the molecule is CCOC(=O)c1c(N)nsc1NCC1CC1C. The zero-order chi connectivity index (χ0) is 12.4. The van der Waals surface area contributed by atoms with Crippen LogP contribution >= 0.6 is 11.5 Å². The number of nitrogens with two attached hydrogens (primary N) is 1. The number of hydrogen-bond acceptors (Lipinski definition) is 6. The van der Waals surface area contributed by atoms with E-state index in [0.717, 1.165) is 17.5 Å². The zero-order valence-electron chi connectivity index (χ0n) is 10.0. The van der Waals surface area contributed by atoms with Crippen molar-refractivity contribution < 1.29 is 9.53 Å².